The van der Waals surface area contributed by atoms with Gasteiger partial charge in [0.05, 0.1) is 26.8 Å². The monoisotopic (exact) mass is 327 g/mol. The summed E-state index contributed by atoms with van der Waals surface area (Å²) in [4.78, 5) is 27.6. The van der Waals surface area contributed by atoms with Crippen LogP contribution in [-0.4, -0.2) is 16.3 Å². The van der Waals surface area contributed by atoms with Gasteiger partial charge in [0.2, 0.25) is 6.41 Å². The fourth-order valence-electron chi connectivity index (χ4n) is 2.34. The molecule has 0 unspecified atom stereocenters. The van der Waals surface area contributed by atoms with Gasteiger partial charge in [0.15, 0.2) is 0 Å². The molecule has 0 bridgehead atoms. The van der Waals surface area contributed by atoms with Gasteiger partial charge in [-0.05, 0) is 30.3 Å². The van der Waals surface area contributed by atoms with Gasteiger partial charge in [0.1, 0.15) is 0 Å². The molecule has 0 saturated heterocycles. The lowest BCUT2D eigenvalue weighted by Gasteiger charge is -2.20. The number of aromatic nitrogens is 1. The molecule has 0 atom stereocenters. The molecule has 0 aliphatic carbocycles. The molecule has 0 N–H and O–H groups in total. The second kappa shape index (κ2) is 6.02. The third-order valence-corrected chi connectivity index (χ3v) is 3.71. The van der Waals surface area contributed by atoms with Crippen LogP contribution in [0, 0.1) is 10.1 Å². The van der Waals surface area contributed by atoms with Gasteiger partial charge in [0, 0.05) is 23.7 Å². The van der Waals surface area contributed by atoms with E-state index in [4.69, 9.17) is 11.6 Å². The van der Waals surface area contributed by atoms with Crippen LogP contribution < -0.4 is 4.90 Å². The number of anilines is 2. The Labute approximate surface area is 136 Å². The van der Waals surface area contributed by atoms with Crippen molar-refractivity contribution in [3.63, 3.8) is 0 Å². The van der Waals surface area contributed by atoms with Crippen molar-refractivity contribution in [2.75, 3.05) is 4.90 Å². The zero-order valence-corrected chi connectivity index (χ0v) is 12.5. The van der Waals surface area contributed by atoms with Gasteiger partial charge >= 0.3 is 0 Å². The van der Waals surface area contributed by atoms with Crippen molar-refractivity contribution in [1.82, 2.24) is 4.98 Å². The second-order valence-corrected chi connectivity index (χ2v) is 5.12. The molecule has 0 spiro atoms. The van der Waals surface area contributed by atoms with Gasteiger partial charge in [-0.25, -0.2) is 0 Å². The van der Waals surface area contributed by atoms with Crippen molar-refractivity contribution in [3.05, 3.63) is 69.9 Å². The molecule has 114 valence electrons. The number of nitro groups is 1. The van der Waals surface area contributed by atoms with Crippen LogP contribution >= 0.6 is 11.6 Å². The highest BCUT2D eigenvalue weighted by Crippen LogP contribution is 2.36. The van der Waals surface area contributed by atoms with Gasteiger partial charge in [-0.2, -0.15) is 0 Å². The number of non-ortho nitro benzene ring substituents is 1. The molecule has 1 aromatic heterocycles. The molecule has 0 aliphatic heterocycles. The first-order valence-electron chi connectivity index (χ1n) is 6.64. The van der Waals surface area contributed by atoms with E-state index in [1.165, 1.54) is 23.1 Å². The van der Waals surface area contributed by atoms with E-state index in [9.17, 15) is 14.9 Å². The summed E-state index contributed by atoms with van der Waals surface area (Å²) < 4.78 is 0. The highest BCUT2D eigenvalue weighted by atomic mass is 35.5. The van der Waals surface area contributed by atoms with Crippen molar-refractivity contribution in [2.24, 2.45) is 0 Å². The summed E-state index contributed by atoms with van der Waals surface area (Å²) >= 11 is 6.14. The molecule has 0 aliphatic rings. The fourth-order valence-corrected chi connectivity index (χ4v) is 2.55. The number of carbonyl (C=O) groups is 1. The van der Waals surface area contributed by atoms with Crippen LogP contribution in [0.2, 0.25) is 5.02 Å². The number of benzene rings is 2. The molecule has 1 amide bonds. The molecule has 23 heavy (non-hydrogen) atoms. The van der Waals surface area contributed by atoms with Gasteiger partial charge in [-0.1, -0.05) is 17.7 Å². The summed E-state index contributed by atoms with van der Waals surface area (Å²) in [5, 5.41) is 11.9. The van der Waals surface area contributed by atoms with Crippen LogP contribution in [0.15, 0.2) is 54.7 Å². The lowest BCUT2D eigenvalue weighted by molar-refractivity contribution is -0.384. The van der Waals surface area contributed by atoms with E-state index in [1.54, 1.807) is 24.4 Å². The zero-order chi connectivity index (χ0) is 16.4. The number of rotatable bonds is 4. The number of halogens is 1. The van der Waals surface area contributed by atoms with Crippen LogP contribution in [0.1, 0.15) is 0 Å². The standard InChI is InChI=1S/C16H10ClN3O3/c17-13-7-6-11(20(22)23)9-16(13)19(10-21)15-5-1-4-14-12(15)3-2-8-18-14/h1-10H. The maximum absolute atomic E-state index is 11.7. The number of fused-ring (bicyclic) bond motifs is 1. The van der Waals surface area contributed by atoms with E-state index in [0.717, 1.165) is 5.39 Å². The average molecular weight is 328 g/mol. The molecule has 2 aromatic carbocycles. The van der Waals surface area contributed by atoms with Crippen LogP contribution in [0.3, 0.4) is 0 Å². The molecule has 3 aromatic rings. The Bertz CT molecular complexity index is 909. The lowest BCUT2D eigenvalue weighted by atomic mass is 10.1. The maximum atomic E-state index is 11.7. The van der Waals surface area contributed by atoms with Crippen molar-refractivity contribution in [1.29, 1.82) is 0 Å². The molecular formula is C16H10ClN3O3. The summed E-state index contributed by atoms with van der Waals surface area (Å²) in [5.41, 5.74) is 1.35. The van der Waals surface area contributed by atoms with Gasteiger partial charge in [-0.3, -0.25) is 24.8 Å². The molecule has 3 rings (SSSR count). The fraction of sp³-hybridized carbons (Fsp3) is 0. The Balaban J connectivity index is 2.22. The summed E-state index contributed by atoms with van der Waals surface area (Å²) in [6.45, 7) is 0. The van der Waals surface area contributed by atoms with Crippen LogP contribution in [-0.2, 0) is 4.79 Å². The minimum absolute atomic E-state index is 0.144. The number of nitrogens with zero attached hydrogens (tertiary/aromatic N) is 3. The number of amides is 1. The van der Waals surface area contributed by atoms with E-state index < -0.39 is 4.92 Å². The first kappa shape index (κ1) is 14.9. The summed E-state index contributed by atoms with van der Waals surface area (Å²) in [6.07, 6.45) is 2.23. The smallest absolute Gasteiger partial charge is 0.271 e. The SMILES string of the molecule is O=CN(c1cc([N+](=O)[O-])ccc1Cl)c1cccc2ncccc12. The van der Waals surface area contributed by atoms with Crippen molar-refractivity contribution in [2.45, 2.75) is 0 Å². The molecule has 7 heteroatoms. The molecular weight excluding hydrogens is 318 g/mol. The van der Waals surface area contributed by atoms with Crippen LogP contribution in [0.4, 0.5) is 17.1 Å². The number of pyridine rings is 1. The first-order chi connectivity index (χ1) is 11.1. The third-order valence-electron chi connectivity index (χ3n) is 3.39. The number of carbonyl (C=O) groups excluding carboxylic acids is 1. The number of hydrogen-bond acceptors (Lipinski definition) is 4. The summed E-state index contributed by atoms with van der Waals surface area (Å²) in [7, 11) is 0. The molecule has 0 saturated carbocycles. The summed E-state index contributed by atoms with van der Waals surface area (Å²) in [5.74, 6) is 0. The molecule has 0 radical (unpaired) electrons. The van der Waals surface area contributed by atoms with Gasteiger partial charge in [-0.15, -0.1) is 0 Å². The normalized spacial score (nSPS) is 10.5. The Hall–Kier alpha value is -2.99. The highest BCUT2D eigenvalue weighted by Gasteiger charge is 2.18. The first-order valence-corrected chi connectivity index (χ1v) is 7.02. The van der Waals surface area contributed by atoms with Crippen molar-refractivity contribution in [3.8, 4) is 0 Å². The van der Waals surface area contributed by atoms with Gasteiger partial charge in [0.25, 0.3) is 5.69 Å². The van der Waals surface area contributed by atoms with Crippen molar-refractivity contribution >= 4 is 46.0 Å². The average Bonchev–Trinajstić information content (AvgIpc) is 2.57. The van der Waals surface area contributed by atoms with E-state index >= 15 is 0 Å². The highest BCUT2D eigenvalue weighted by molar-refractivity contribution is 6.34. The zero-order valence-electron chi connectivity index (χ0n) is 11.7. The van der Waals surface area contributed by atoms with Crippen LogP contribution in [0.25, 0.3) is 10.9 Å². The minimum atomic E-state index is -0.534. The Morgan fingerprint density at radius 2 is 1.96 bits per heavy atom. The number of hydrogen-bond donors (Lipinski definition) is 0. The van der Waals surface area contributed by atoms with Gasteiger partial charge < -0.3 is 0 Å². The molecule has 0 fully saturated rings. The van der Waals surface area contributed by atoms with E-state index in [-0.39, 0.29) is 16.4 Å². The minimum Gasteiger partial charge on any atom is -0.281 e. The Morgan fingerprint density at radius 3 is 2.70 bits per heavy atom. The van der Waals surface area contributed by atoms with E-state index in [2.05, 4.69) is 4.98 Å². The predicted molar refractivity (Wildman–Crippen MR) is 88.1 cm³/mol. The Kier molecular flexibility index (Phi) is 3.91. The van der Waals surface area contributed by atoms with E-state index in [1.807, 2.05) is 12.1 Å². The lowest BCUT2D eigenvalue weighted by Crippen LogP contribution is -2.15. The molecule has 1 heterocycles. The number of nitro benzene ring substituents is 1. The maximum Gasteiger partial charge on any atom is 0.271 e. The van der Waals surface area contributed by atoms with Crippen molar-refractivity contribution < 1.29 is 9.72 Å². The summed E-state index contributed by atoms with van der Waals surface area (Å²) in [6, 6.07) is 12.8. The predicted octanol–water partition coefficient (Wildman–Crippen LogP) is 4.09. The second-order valence-electron chi connectivity index (χ2n) is 4.72. The molecule has 6 nitrogen and oxygen atoms in total. The third kappa shape index (κ3) is 2.72. The largest absolute Gasteiger partial charge is 0.281 e. The van der Waals surface area contributed by atoms with E-state index in [0.29, 0.717) is 17.6 Å². The topological polar surface area (TPSA) is 76.3 Å². The Morgan fingerprint density at radius 1 is 1.13 bits per heavy atom. The van der Waals surface area contributed by atoms with Crippen LogP contribution in [0.5, 0.6) is 0 Å². The quantitative estimate of drug-likeness (QED) is 0.411.